The molecule has 0 spiro atoms. The topological polar surface area (TPSA) is 83.8 Å². The number of hydrogen-bond donors (Lipinski definition) is 0. The van der Waals surface area contributed by atoms with Gasteiger partial charge in [-0.3, -0.25) is 19.7 Å². The molecule has 1 aliphatic heterocycles. The predicted molar refractivity (Wildman–Crippen MR) is 86.0 cm³/mol. The van der Waals surface area contributed by atoms with Crippen molar-refractivity contribution < 1.29 is 14.5 Å². The van der Waals surface area contributed by atoms with E-state index in [2.05, 4.69) is 0 Å². The maximum absolute atomic E-state index is 12.1. The molecular weight excluding hydrogens is 322 g/mol. The Hall–Kier alpha value is -2.41. The number of amides is 2. The van der Waals surface area contributed by atoms with Crippen molar-refractivity contribution in [2.24, 2.45) is 0 Å². The van der Waals surface area contributed by atoms with Gasteiger partial charge in [-0.25, -0.2) is 0 Å². The van der Waals surface area contributed by atoms with Crippen LogP contribution >= 0.6 is 11.6 Å². The zero-order chi connectivity index (χ0) is 17.0. The summed E-state index contributed by atoms with van der Waals surface area (Å²) in [6.07, 6.45) is 2.89. The van der Waals surface area contributed by atoms with E-state index in [-0.39, 0.29) is 22.5 Å². The second-order valence-electron chi connectivity index (χ2n) is 5.13. The molecule has 0 N–H and O–H groups in total. The summed E-state index contributed by atoms with van der Waals surface area (Å²) in [5.41, 5.74) is 0.327. The maximum atomic E-state index is 12.1. The highest BCUT2D eigenvalue weighted by Crippen LogP contribution is 2.25. The standard InChI is InChI=1S/C15H16ClN3O4/c1-11(20)17-6-8-18(9-7-17)15(21)5-3-12-2-4-13(16)14(10-12)19(22)23/h2-5,10H,6-9H2,1H3/b5-3+. The van der Waals surface area contributed by atoms with E-state index in [9.17, 15) is 19.7 Å². The molecular formula is C15H16ClN3O4. The Morgan fingerprint density at radius 3 is 2.39 bits per heavy atom. The van der Waals surface area contributed by atoms with Crippen molar-refractivity contribution in [3.05, 3.63) is 45.0 Å². The van der Waals surface area contributed by atoms with Crippen LogP contribution in [0.3, 0.4) is 0 Å². The zero-order valence-electron chi connectivity index (χ0n) is 12.6. The van der Waals surface area contributed by atoms with Gasteiger partial charge in [0.05, 0.1) is 4.92 Å². The number of benzene rings is 1. The lowest BCUT2D eigenvalue weighted by Crippen LogP contribution is -2.49. The number of rotatable bonds is 3. The largest absolute Gasteiger partial charge is 0.339 e. The summed E-state index contributed by atoms with van der Waals surface area (Å²) in [5.74, 6) is -0.188. The third-order valence-electron chi connectivity index (χ3n) is 3.62. The second-order valence-corrected chi connectivity index (χ2v) is 5.54. The lowest BCUT2D eigenvalue weighted by Gasteiger charge is -2.33. The number of halogens is 1. The van der Waals surface area contributed by atoms with E-state index >= 15 is 0 Å². The third-order valence-corrected chi connectivity index (χ3v) is 3.94. The number of nitro groups is 1. The van der Waals surface area contributed by atoms with Crippen LogP contribution in [0.5, 0.6) is 0 Å². The Kier molecular flexibility index (Phi) is 5.33. The van der Waals surface area contributed by atoms with Gasteiger partial charge in [-0.05, 0) is 17.7 Å². The second kappa shape index (κ2) is 7.23. The molecule has 0 radical (unpaired) electrons. The highest BCUT2D eigenvalue weighted by atomic mass is 35.5. The van der Waals surface area contributed by atoms with Crippen molar-refractivity contribution in [2.75, 3.05) is 26.2 Å². The fourth-order valence-corrected chi connectivity index (χ4v) is 2.47. The van der Waals surface area contributed by atoms with E-state index in [1.54, 1.807) is 15.9 Å². The summed E-state index contributed by atoms with van der Waals surface area (Å²) in [6, 6.07) is 4.35. The molecule has 0 unspecified atom stereocenters. The highest BCUT2D eigenvalue weighted by molar-refractivity contribution is 6.32. The molecule has 2 amide bonds. The van der Waals surface area contributed by atoms with Crippen LogP contribution in [0.15, 0.2) is 24.3 Å². The lowest BCUT2D eigenvalue weighted by atomic mass is 10.2. The maximum Gasteiger partial charge on any atom is 0.288 e. The van der Waals surface area contributed by atoms with Gasteiger partial charge in [0.1, 0.15) is 5.02 Å². The normalized spacial score (nSPS) is 15.0. The first-order valence-electron chi connectivity index (χ1n) is 7.05. The summed E-state index contributed by atoms with van der Waals surface area (Å²) in [5, 5.41) is 10.9. The quantitative estimate of drug-likeness (QED) is 0.479. The lowest BCUT2D eigenvalue weighted by molar-refractivity contribution is -0.384. The molecule has 1 saturated heterocycles. The summed E-state index contributed by atoms with van der Waals surface area (Å²) in [4.78, 5) is 37.0. The van der Waals surface area contributed by atoms with Crippen LogP contribution in [0.2, 0.25) is 5.02 Å². The molecule has 2 rings (SSSR count). The fourth-order valence-electron chi connectivity index (χ4n) is 2.29. The monoisotopic (exact) mass is 337 g/mol. The van der Waals surface area contributed by atoms with Crippen molar-refractivity contribution >= 4 is 35.2 Å². The van der Waals surface area contributed by atoms with Gasteiger partial charge in [-0.1, -0.05) is 17.7 Å². The Labute approximate surface area is 138 Å². The molecule has 1 aromatic rings. The van der Waals surface area contributed by atoms with Gasteiger partial charge in [0.2, 0.25) is 11.8 Å². The van der Waals surface area contributed by atoms with Gasteiger partial charge in [0.25, 0.3) is 5.69 Å². The highest BCUT2D eigenvalue weighted by Gasteiger charge is 2.20. The number of nitro benzene ring substituents is 1. The molecule has 1 heterocycles. The van der Waals surface area contributed by atoms with E-state index in [4.69, 9.17) is 11.6 Å². The Morgan fingerprint density at radius 2 is 1.83 bits per heavy atom. The SMILES string of the molecule is CC(=O)N1CCN(C(=O)/C=C/c2ccc(Cl)c([N+](=O)[O-])c2)CC1. The average molecular weight is 338 g/mol. The average Bonchev–Trinajstić information content (AvgIpc) is 2.53. The molecule has 0 saturated carbocycles. The summed E-state index contributed by atoms with van der Waals surface area (Å²) >= 11 is 5.74. The molecule has 0 aliphatic carbocycles. The fraction of sp³-hybridized carbons (Fsp3) is 0.333. The van der Waals surface area contributed by atoms with E-state index in [1.807, 2.05) is 0 Å². The number of piperazine rings is 1. The van der Waals surface area contributed by atoms with E-state index < -0.39 is 4.92 Å². The first-order chi connectivity index (χ1) is 10.9. The smallest absolute Gasteiger partial charge is 0.288 e. The van der Waals surface area contributed by atoms with Gasteiger partial charge in [0, 0.05) is 45.2 Å². The minimum absolute atomic E-state index is 0.00103. The minimum atomic E-state index is -0.567. The first-order valence-corrected chi connectivity index (χ1v) is 7.42. The first kappa shape index (κ1) is 17.0. The number of carbonyl (C=O) groups is 2. The van der Waals surface area contributed by atoms with Crippen molar-refractivity contribution in [3.63, 3.8) is 0 Å². The van der Waals surface area contributed by atoms with Gasteiger partial charge < -0.3 is 9.80 Å². The Morgan fingerprint density at radius 1 is 1.22 bits per heavy atom. The predicted octanol–water partition coefficient (Wildman–Crippen LogP) is 1.95. The summed E-state index contributed by atoms with van der Waals surface area (Å²) in [6.45, 7) is 3.49. The van der Waals surface area contributed by atoms with Gasteiger partial charge in [-0.2, -0.15) is 0 Å². The van der Waals surface area contributed by atoms with Gasteiger partial charge in [-0.15, -0.1) is 0 Å². The van der Waals surface area contributed by atoms with Crippen molar-refractivity contribution in [1.82, 2.24) is 9.80 Å². The minimum Gasteiger partial charge on any atom is -0.339 e. The van der Waals surface area contributed by atoms with Gasteiger partial charge in [0.15, 0.2) is 0 Å². The molecule has 1 aromatic carbocycles. The van der Waals surface area contributed by atoms with Crippen molar-refractivity contribution in [3.8, 4) is 0 Å². The van der Waals surface area contributed by atoms with E-state index in [0.29, 0.717) is 31.7 Å². The van der Waals surface area contributed by atoms with Crippen LogP contribution in [0, 0.1) is 10.1 Å². The molecule has 0 aromatic heterocycles. The molecule has 0 atom stereocenters. The van der Waals surface area contributed by atoms with Crippen LogP contribution in [-0.2, 0) is 9.59 Å². The molecule has 1 aliphatic rings. The number of nitrogens with zero attached hydrogens (tertiary/aromatic N) is 3. The van der Waals surface area contributed by atoms with Crippen LogP contribution < -0.4 is 0 Å². The molecule has 8 heteroatoms. The van der Waals surface area contributed by atoms with Crippen molar-refractivity contribution in [2.45, 2.75) is 6.92 Å². The van der Waals surface area contributed by atoms with Gasteiger partial charge >= 0.3 is 0 Å². The van der Waals surface area contributed by atoms with Crippen LogP contribution in [0.1, 0.15) is 12.5 Å². The molecule has 1 fully saturated rings. The Balaban J connectivity index is 2.01. The molecule has 23 heavy (non-hydrogen) atoms. The van der Waals surface area contributed by atoms with Crippen LogP contribution in [0.25, 0.3) is 6.08 Å². The third kappa shape index (κ3) is 4.29. The van der Waals surface area contributed by atoms with E-state index in [0.717, 1.165) is 0 Å². The molecule has 0 bridgehead atoms. The zero-order valence-corrected chi connectivity index (χ0v) is 13.3. The summed E-state index contributed by atoms with van der Waals surface area (Å²) in [7, 11) is 0. The molecule has 7 nitrogen and oxygen atoms in total. The van der Waals surface area contributed by atoms with Crippen LogP contribution in [-0.4, -0.2) is 52.7 Å². The number of hydrogen-bond acceptors (Lipinski definition) is 4. The van der Waals surface area contributed by atoms with E-state index in [1.165, 1.54) is 31.2 Å². The summed E-state index contributed by atoms with van der Waals surface area (Å²) < 4.78 is 0. The Bertz CT molecular complexity index is 667. The van der Waals surface area contributed by atoms with Crippen LogP contribution in [0.4, 0.5) is 5.69 Å². The number of carbonyl (C=O) groups excluding carboxylic acids is 2. The van der Waals surface area contributed by atoms with Crippen molar-refractivity contribution in [1.29, 1.82) is 0 Å². The molecule has 122 valence electrons.